The summed E-state index contributed by atoms with van der Waals surface area (Å²) in [6.45, 7) is 3.17. The van der Waals surface area contributed by atoms with Crippen LogP contribution in [0.25, 0.3) is 0 Å². The average molecular weight is 146 g/mol. The molecule has 0 aliphatic carbocycles. The summed E-state index contributed by atoms with van der Waals surface area (Å²) in [7, 11) is 0. The maximum absolute atomic E-state index is 8.94. The Morgan fingerprint density at radius 1 is 1.30 bits per heavy atom. The molecule has 60 valence electrons. The summed E-state index contributed by atoms with van der Waals surface area (Å²) in [5.74, 6) is 0. The highest BCUT2D eigenvalue weighted by Gasteiger charge is 2.33. The predicted octanol–water partition coefficient (Wildman–Crippen LogP) is 0.114. The van der Waals surface area contributed by atoms with E-state index in [-0.39, 0.29) is 5.41 Å². The number of hydrogen-bond acceptors (Lipinski definition) is 3. The number of hydrogen-bond donors (Lipinski definition) is 2. The van der Waals surface area contributed by atoms with Crippen molar-refractivity contribution in [2.24, 2.45) is 5.41 Å². The Morgan fingerprint density at radius 3 is 2.10 bits per heavy atom. The van der Waals surface area contributed by atoms with Crippen LogP contribution in [0.3, 0.4) is 0 Å². The van der Waals surface area contributed by atoms with Gasteiger partial charge in [0, 0.05) is 18.6 Å². The minimum absolute atomic E-state index is 0.335. The molecular weight excluding hydrogens is 132 g/mol. The molecule has 1 heterocycles. The molecule has 0 radical (unpaired) electrons. The van der Waals surface area contributed by atoms with E-state index in [9.17, 15) is 0 Å². The van der Waals surface area contributed by atoms with Crippen molar-refractivity contribution >= 4 is 0 Å². The van der Waals surface area contributed by atoms with Crippen molar-refractivity contribution in [1.82, 2.24) is 0 Å². The van der Waals surface area contributed by atoms with Gasteiger partial charge in [0.15, 0.2) is 6.29 Å². The zero-order chi connectivity index (χ0) is 7.61. The molecule has 0 unspecified atom stereocenters. The third-order valence-electron chi connectivity index (χ3n) is 2.26. The van der Waals surface area contributed by atoms with Crippen molar-refractivity contribution in [2.45, 2.75) is 26.1 Å². The van der Waals surface area contributed by atoms with Crippen LogP contribution in [-0.4, -0.2) is 29.7 Å². The van der Waals surface area contributed by atoms with E-state index in [4.69, 9.17) is 14.9 Å². The first-order valence-corrected chi connectivity index (χ1v) is 3.59. The first-order valence-electron chi connectivity index (χ1n) is 3.59. The summed E-state index contributed by atoms with van der Waals surface area (Å²) in [5.41, 5.74) is -0.335. The Labute approximate surface area is 60.6 Å². The molecule has 0 aromatic carbocycles. The van der Waals surface area contributed by atoms with Crippen molar-refractivity contribution < 1.29 is 14.9 Å². The lowest BCUT2D eigenvalue weighted by Crippen LogP contribution is -2.37. The quantitative estimate of drug-likeness (QED) is 0.516. The van der Waals surface area contributed by atoms with Crippen molar-refractivity contribution in [3.05, 3.63) is 0 Å². The van der Waals surface area contributed by atoms with E-state index in [2.05, 4.69) is 0 Å². The largest absolute Gasteiger partial charge is 0.381 e. The summed E-state index contributed by atoms with van der Waals surface area (Å²) >= 11 is 0. The second kappa shape index (κ2) is 2.86. The monoisotopic (exact) mass is 146 g/mol. The second-order valence-electron chi connectivity index (χ2n) is 3.14. The van der Waals surface area contributed by atoms with E-state index in [0.29, 0.717) is 13.2 Å². The van der Waals surface area contributed by atoms with Crippen molar-refractivity contribution in [2.75, 3.05) is 13.2 Å². The highest BCUT2D eigenvalue weighted by Crippen LogP contribution is 2.31. The van der Waals surface area contributed by atoms with Gasteiger partial charge in [-0.05, 0) is 12.8 Å². The van der Waals surface area contributed by atoms with Gasteiger partial charge in [0.2, 0.25) is 0 Å². The minimum atomic E-state index is -1.20. The van der Waals surface area contributed by atoms with Gasteiger partial charge in [0.1, 0.15) is 0 Å². The molecule has 0 aromatic heterocycles. The molecule has 1 fully saturated rings. The van der Waals surface area contributed by atoms with Crippen LogP contribution < -0.4 is 0 Å². The number of aliphatic hydroxyl groups is 2. The molecule has 1 aliphatic heterocycles. The van der Waals surface area contributed by atoms with Gasteiger partial charge in [-0.15, -0.1) is 0 Å². The van der Waals surface area contributed by atoms with E-state index < -0.39 is 6.29 Å². The van der Waals surface area contributed by atoms with Gasteiger partial charge in [-0.25, -0.2) is 0 Å². The molecule has 2 N–H and O–H groups in total. The van der Waals surface area contributed by atoms with Crippen molar-refractivity contribution in [3.63, 3.8) is 0 Å². The third kappa shape index (κ3) is 1.48. The Bertz CT molecular complexity index is 105. The maximum Gasteiger partial charge on any atom is 0.157 e. The Hall–Kier alpha value is -0.120. The summed E-state index contributed by atoms with van der Waals surface area (Å²) in [6, 6.07) is 0. The molecule has 0 atom stereocenters. The zero-order valence-electron chi connectivity index (χ0n) is 6.21. The van der Waals surface area contributed by atoms with E-state index in [1.54, 1.807) is 0 Å². The Balaban J connectivity index is 2.48. The van der Waals surface area contributed by atoms with Crippen LogP contribution in [-0.2, 0) is 4.74 Å². The zero-order valence-corrected chi connectivity index (χ0v) is 6.21. The van der Waals surface area contributed by atoms with E-state index in [0.717, 1.165) is 12.8 Å². The molecule has 0 bridgehead atoms. The normalized spacial score (nSPS) is 25.2. The van der Waals surface area contributed by atoms with Gasteiger partial charge in [0.25, 0.3) is 0 Å². The van der Waals surface area contributed by atoms with Crippen molar-refractivity contribution in [1.29, 1.82) is 0 Å². The lowest BCUT2D eigenvalue weighted by Gasteiger charge is -2.34. The average Bonchev–Trinajstić information content (AvgIpc) is 1.89. The maximum atomic E-state index is 8.94. The van der Waals surface area contributed by atoms with Gasteiger partial charge in [-0.2, -0.15) is 0 Å². The standard InChI is InChI=1S/C7H14O3/c1-7(6(8)9)2-4-10-5-3-7/h6,8-9H,2-5H2,1H3. The lowest BCUT2D eigenvalue weighted by molar-refractivity contribution is -0.159. The van der Waals surface area contributed by atoms with Crippen molar-refractivity contribution in [3.8, 4) is 0 Å². The van der Waals surface area contributed by atoms with Crippen LogP contribution in [0.5, 0.6) is 0 Å². The van der Waals surface area contributed by atoms with Crippen LogP contribution in [0.4, 0.5) is 0 Å². The van der Waals surface area contributed by atoms with Gasteiger partial charge in [-0.1, -0.05) is 6.92 Å². The van der Waals surface area contributed by atoms with E-state index >= 15 is 0 Å². The molecule has 3 heteroatoms. The molecule has 10 heavy (non-hydrogen) atoms. The lowest BCUT2D eigenvalue weighted by atomic mass is 9.82. The van der Waals surface area contributed by atoms with Crippen LogP contribution in [0.15, 0.2) is 0 Å². The summed E-state index contributed by atoms with van der Waals surface area (Å²) in [5, 5.41) is 17.9. The first-order chi connectivity index (χ1) is 4.65. The van der Waals surface area contributed by atoms with Crippen LogP contribution >= 0.6 is 0 Å². The van der Waals surface area contributed by atoms with Crippen LogP contribution in [0, 0.1) is 5.41 Å². The fourth-order valence-electron chi connectivity index (χ4n) is 1.10. The van der Waals surface area contributed by atoms with Gasteiger partial charge < -0.3 is 14.9 Å². The Morgan fingerprint density at radius 2 is 1.80 bits per heavy atom. The summed E-state index contributed by atoms with van der Waals surface area (Å²) in [4.78, 5) is 0. The van der Waals surface area contributed by atoms with Gasteiger partial charge >= 0.3 is 0 Å². The molecule has 0 spiro atoms. The molecular formula is C7H14O3. The molecule has 1 aliphatic rings. The molecule has 1 rings (SSSR count). The topological polar surface area (TPSA) is 49.7 Å². The van der Waals surface area contributed by atoms with Gasteiger partial charge in [-0.3, -0.25) is 0 Å². The smallest absolute Gasteiger partial charge is 0.157 e. The highest BCUT2D eigenvalue weighted by molar-refractivity contribution is 4.78. The first kappa shape index (κ1) is 7.98. The Kier molecular flexibility index (Phi) is 2.28. The number of ether oxygens (including phenoxy) is 1. The van der Waals surface area contributed by atoms with E-state index in [1.807, 2.05) is 6.92 Å². The SMILES string of the molecule is CC1(C(O)O)CCOCC1. The van der Waals surface area contributed by atoms with Crippen LogP contribution in [0.2, 0.25) is 0 Å². The molecule has 0 aromatic rings. The van der Waals surface area contributed by atoms with Crippen LogP contribution in [0.1, 0.15) is 19.8 Å². The highest BCUT2D eigenvalue weighted by atomic mass is 16.5. The minimum Gasteiger partial charge on any atom is -0.381 e. The van der Waals surface area contributed by atoms with E-state index in [1.165, 1.54) is 0 Å². The number of aliphatic hydroxyl groups excluding tert-OH is 1. The third-order valence-corrected chi connectivity index (χ3v) is 2.26. The molecule has 1 saturated heterocycles. The predicted molar refractivity (Wildman–Crippen MR) is 36.4 cm³/mol. The molecule has 0 amide bonds. The fourth-order valence-corrected chi connectivity index (χ4v) is 1.10. The molecule has 3 nitrogen and oxygen atoms in total. The fraction of sp³-hybridized carbons (Fsp3) is 1.00. The van der Waals surface area contributed by atoms with Gasteiger partial charge in [0.05, 0.1) is 0 Å². The molecule has 0 saturated carbocycles. The second-order valence-corrected chi connectivity index (χ2v) is 3.14. The summed E-state index contributed by atoms with van der Waals surface area (Å²) in [6.07, 6.45) is 0.284. The summed E-state index contributed by atoms with van der Waals surface area (Å²) < 4.78 is 5.09. The number of rotatable bonds is 1.